The van der Waals surface area contributed by atoms with Crippen LogP contribution >= 0.6 is 23.4 Å². The van der Waals surface area contributed by atoms with E-state index >= 15 is 0 Å². The summed E-state index contributed by atoms with van der Waals surface area (Å²) in [6, 6.07) is 8.19. The van der Waals surface area contributed by atoms with Crippen molar-refractivity contribution < 1.29 is 4.79 Å². The Morgan fingerprint density at radius 1 is 1.44 bits per heavy atom. The van der Waals surface area contributed by atoms with Gasteiger partial charge in [0.1, 0.15) is 0 Å². The Labute approximate surface area is 116 Å². The molecule has 1 aliphatic carbocycles. The summed E-state index contributed by atoms with van der Waals surface area (Å²) in [6.07, 6.45) is 3.20. The van der Waals surface area contributed by atoms with Gasteiger partial charge in [-0.05, 0) is 30.9 Å². The Hall–Kier alpha value is -0.670. The summed E-state index contributed by atoms with van der Waals surface area (Å²) in [5.41, 5.74) is 1.05. The molecule has 1 aromatic rings. The second kappa shape index (κ2) is 4.78. The highest BCUT2D eigenvalue weighted by Gasteiger charge is 2.40. The molecule has 3 rings (SSSR count). The molecule has 1 aliphatic heterocycles. The van der Waals surface area contributed by atoms with Crippen molar-refractivity contribution in [3.8, 4) is 0 Å². The minimum absolute atomic E-state index is 0.00751. The van der Waals surface area contributed by atoms with E-state index in [1.165, 1.54) is 16.9 Å². The summed E-state index contributed by atoms with van der Waals surface area (Å²) in [5, 5.41) is 3.18. The number of carbonyl (C=O) groups excluding carboxylic acids is 1. The number of carbonyl (C=O) groups is 1. The van der Waals surface area contributed by atoms with Gasteiger partial charge in [-0.3, -0.25) is 4.79 Å². The van der Waals surface area contributed by atoms with Crippen LogP contribution in [0.25, 0.3) is 0 Å². The Morgan fingerprint density at radius 2 is 2.22 bits per heavy atom. The van der Waals surface area contributed by atoms with Crippen LogP contribution in [0.2, 0.25) is 0 Å². The van der Waals surface area contributed by atoms with Gasteiger partial charge in [-0.25, -0.2) is 0 Å². The molecule has 1 heterocycles. The number of fused-ring (bicyclic) bond motifs is 1. The largest absolute Gasteiger partial charge is 0.349 e. The second-order valence-corrected chi connectivity index (χ2v) is 6.49. The van der Waals surface area contributed by atoms with E-state index in [4.69, 9.17) is 11.6 Å². The van der Waals surface area contributed by atoms with Crippen molar-refractivity contribution in [3.05, 3.63) is 29.8 Å². The second-order valence-electron chi connectivity index (χ2n) is 5.16. The molecule has 1 fully saturated rings. The van der Waals surface area contributed by atoms with E-state index in [1.54, 1.807) is 11.8 Å². The first-order valence-corrected chi connectivity index (χ1v) is 7.86. The number of benzene rings is 1. The van der Waals surface area contributed by atoms with Crippen LogP contribution in [0.15, 0.2) is 29.2 Å². The lowest BCUT2D eigenvalue weighted by Gasteiger charge is -2.41. The highest BCUT2D eigenvalue weighted by Crippen LogP contribution is 2.40. The quantitative estimate of drug-likeness (QED) is 0.863. The third-order valence-corrected chi connectivity index (χ3v) is 5.67. The fourth-order valence-electron chi connectivity index (χ4n) is 2.62. The molecule has 0 saturated heterocycles. The third-order valence-electron chi connectivity index (χ3n) is 3.97. The summed E-state index contributed by atoms with van der Waals surface area (Å²) in [7, 11) is 0. The van der Waals surface area contributed by atoms with Gasteiger partial charge in [-0.1, -0.05) is 18.2 Å². The molecule has 2 aliphatic rings. The summed E-state index contributed by atoms with van der Waals surface area (Å²) in [4.78, 5) is 13.6. The minimum Gasteiger partial charge on any atom is -0.349 e. The van der Waals surface area contributed by atoms with Crippen LogP contribution in [0.4, 0.5) is 0 Å². The maximum atomic E-state index is 12.4. The van der Waals surface area contributed by atoms with E-state index in [2.05, 4.69) is 17.4 Å². The van der Waals surface area contributed by atoms with Crippen molar-refractivity contribution in [2.45, 2.75) is 35.6 Å². The minimum atomic E-state index is -0.124. The maximum absolute atomic E-state index is 12.4. The first-order valence-electron chi connectivity index (χ1n) is 6.34. The zero-order chi connectivity index (χ0) is 12.6. The lowest BCUT2D eigenvalue weighted by molar-refractivity contribution is -0.124. The molecular formula is C14H16ClNOS. The Balaban J connectivity index is 1.75. The molecule has 0 spiro atoms. The summed E-state index contributed by atoms with van der Waals surface area (Å²) in [5.74, 6) is 1.52. The van der Waals surface area contributed by atoms with Crippen LogP contribution in [-0.4, -0.2) is 23.1 Å². The van der Waals surface area contributed by atoms with Crippen molar-refractivity contribution in [1.82, 2.24) is 5.32 Å². The molecule has 18 heavy (non-hydrogen) atoms. The normalized spacial score (nSPS) is 24.2. The van der Waals surface area contributed by atoms with Gasteiger partial charge in [-0.15, -0.1) is 23.4 Å². The lowest BCUT2D eigenvalue weighted by atomic mass is 9.78. The summed E-state index contributed by atoms with van der Waals surface area (Å²) in [6.45, 7) is 0. The molecule has 1 saturated carbocycles. The first-order chi connectivity index (χ1) is 8.74. The van der Waals surface area contributed by atoms with Crippen molar-refractivity contribution in [1.29, 1.82) is 0 Å². The van der Waals surface area contributed by atoms with E-state index in [-0.39, 0.29) is 17.4 Å². The Kier molecular flexibility index (Phi) is 3.29. The van der Waals surface area contributed by atoms with E-state index in [0.717, 1.165) is 18.6 Å². The van der Waals surface area contributed by atoms with Gasteiger partial charge in [0.2, 0.25) is 5.91 Å². The molecule has 4 heteroatoms. The van der Waals surface area contributed by atoms with E-state index in [9.17, 15) is 4.79 Å². The summed E-state index contributed by atoms with van der Waals surface area (Å²) >= 11 is 7.76. The Morgan fingerprint density at radius 3 is 2.89 bits per heavy atom. The molecule has 1 amide bonds. The molecular weight excluding hydrogens is 266 g/mol. The Bertz CT molecular complexity index is 467. The molecule has 96 valence electrons. The molecule has 1 unspecified atom stereocenters. The molecule has 1 atom stereocenters. The standard InChI is InChI=1S/C14H16ClNOS/c15-9-14(6-3-7-14)16-13(17)11-8-18-12-5-2-1-4-10(11)12/h1-2,4-5,11H,3,6-9H2,(H,16,17). The molecule has 0 bridgehead atoms. The SMILES string of the molecule is O=C(NC1(CCl)CCC1)C1CSc2ccccc21. The fraction of sp³-hybridized carbons (Fsp3) is 0.500. The number of nitrogens with one attached hydrogen (secondary N) is 1. The van der Waals surface area contributed by atoms with Crippen LogP contribution < -0.4 is 5.32 Å². The van der Waals surface area contributed by atoms with Crippen LogP contribution in [0.3, 0.4) is 0 Å². The lowest BCUT2D eigenvalue weighted by Crippen LogP contribution is -2.56. The van der Waals surface area contributed by atoms with E-state index < -0.39 is 0 Å². The van der Waals surface area contributed by atoms with Crippen LogP contribution in [0.1, 0.15) is 30.7 Å². The van der Waals surface area contributed by atoms with Crippen LogP contribution in [0, 0.1) is 0 Å². The van der Waals surface area contributed by atoms with Crippen molar-refractivity contribution in [2.75, 3.05) is 11.6 Å². The number of rotatable bonds is 3. The van der Waals surface area contributed by atoms with Crippen LogP contribution in [0.5, 0.6) is 0 Å². The number of hydrogen-bond acceptors (Lipinski definition) is 2. The van der Waals surface area contributed by atoms with Crippen molar-refractivity contribution in [3.63, 3.8) is 0 Å². The number of thioether (sulfide) groups is 1. The summed E-state index contributed by atoms with van der Waals surface area (Å²) < 4.78 is 0. The first kappa shape index (κ1) is 12.4. The van der Waals surface area contributed by atoms with Gasteiger partial charge < -0.3 is 5.32 Å². The molecule has 0 radical (unpaired) electrons. The van der Waals surface area contributed by atoms with Gasteiger partial charge in [-0.2, -0.15) is 0 Å². The topological polar surface area (TPSA) is 29.1 Å². The van der Waals surface area contributed by atoms with Gasteiger partial charge >= 0.3 is 0 Å². The average Bonchev–Trinajstić information content (AvgIpc) is 2.77. The molecule has 2 nitrogen and oxygen atoms in total. The van der Waals surface area contributed by atoms with Crippen LogP contribution in [-0.2, 0) is 4.79 Å². The number of amides is 1. The monoisotopic (exact) mass is 281 g/mol. The highest BCUT2D eigenvalue weighted by molar-refractivity contribution is 7.99. The van der Waals surface area contributed by atoms with Gasteiger partial charge in [0.25, 0.3) is 0 Å². The third kappa shape index (κ3) is 2.04. The van der Waals surface area contributed by atoms with Gasteiger partial charge in [0, 0.05) is 16.5 Å². The highest BCUT2D eigenvalue weighted by atomic mass is 35.5. The molecule has 1 aromatic carbocycles. The number of halogens is 1. The zero-order valence-electron chi connectivity index (χ0n) is 10.1. The molecule has 0 aromatic heterocycles. The maximum Gasteiger partial charge on any atom is 0.228 e. The average molecular weight is 282 g/mol. The van der Waals surface area contributed by atoms with Gasteiger partial charge in [0.05, 0.1) is 11.5 Å². The smallest absolute Gasteiger partial charge is 0.228 e. The predicted octanol–water partition coefficient (Wildman–Crippen LogP) is 3.15. The van der Waals surface area contributed by atoms with Crippen molar-refractivity contribution in [2.24, 2.45) is 0 Å². The zero-order valence-corrected chi connectivity index (χ0v) is 11.7. The predicted molar refractivity (Wildman–Crippen MR) is 75.4 cm³/mol. The van der Waals surface area contributed by atoms with Gasteiger partial charge in [0.15, 0.2) is 0 Å². The molecule has 1 N–H and O–H groups in total. The van der Waals surface area contributed by atoms with E-state index in [0.29, 0.717) is 5.88 Å². The van der Waals surface area contributed by atoms with E-state index in [1.807, 2.05) is 12.1 Å². The number of hydrogen-bond donors (Lipinski definition) is 1. The number of alkyl halides is 1. The van der Waals surface area contributed by atoms with Crippen molar-refractivity contribution >= 4 is 29.3 Å². The fourth-order valence-corrected chi connectivity index (χ4v) is 4.19.